The average molecular weight is 411 g/mol. The van der Waals surface area contributed by atoms with Crippen LogP contribution in [0, 0.1) is 23.7 Å². The van der Waals surface area contributed by atoms with E-state index in [-0.39, 0.29) is 0 Å². The zero-order valence-corrected chi connectivity index (χ0v) is 19.1. The van der Waals surface area contributed by atoms with E-state index < -0.39 is 17.0 Å². The fourth-order valence-corrected chi connectivity index (χ4v) is 4.43. The van der Waals surface area contributed by atoms with Crippen LogP contribution < -0.4 is 0 Å². The Morgan fingerprint density at radius 3 is 1.46 bits per heavy atom. The Bertz CT molecular complexity index is 292. The van der Waals surface area contributed by atoms with Crippen LogP contribution in [0.2, 0.25) is 0 Å². The van der Waals surface area contributed by atoms with Crippen molar-refractivity contribution in [2.75, 3.05) is 13.1 Å². The van der Waals surface area contributed by atoms with Gasteiger partial charge in [-0.15, -0.1) is 12.1 Å². The summed E-state index contributed by atoms with van der Waals surface area (Å²) in [6, 6.07) is 1.27. The average Bonchev–Trinajstić information content (AvgIpc) is 2.51. The molecule has 0 aromatic rings. The third-order valence-corrected chi connectivity index (χ3v) is 5.82. The van der Waals surface area contributed by atoms with Crippen molar-refractivity contribution in [2.24, 2.45) is 23.7 Å². The molecular weight excluding hydrogens is 375 g/mol. The third-order valence-electron chi connectivity index (χ3n) is 5.82. The van der Waals surface area contributed by atoms with Gasteiger partial charge < -0.3 is 10.6 Å². The number of hydrogen-bond donors (Lipinski definition) is 0. The Kier molecular flexibility index (Phi) is 13.0. The molecule has 0 aromatic carbocycles. The fraction of sp³-hybridized carbons (Fsp3) is 1.00. The Hall–Kier alpha value is 1.21. The summed E-state index contributed by atoms with van der Waals surface area (Å²) in [7, 11) is 9.78. The Balaban J connectivity index is 0.000000891. The van der Waals surface area contributed by atoms with Crippen LogP contribution in [-0.2, 0) is 17.0 Å². The van der Waals surface area contributed by atoms with Gasteiger partial charge in [-0.05, 0) is 24.7 Å². The van der Waals surface area contributed by atoms with Gasteiger partial charge >= 0.3 is 35.6 Å². The predicted octanol–water partition coefficient (Wildman–Crippen LogP) is 7.15. The molecule has 0 radical (unpaired) electrons. The molecule has 0 heterocycles. The summed E-state index contributed by atoms with van der Waals surface area (Å²) in [5, 5.41) is 9.90. The van der Waals surface area contributed by atoms with Gasteiger partial charge in [0.1, 0.15) is 0 Å². The van der Waals surface area contributed by atoms with E-state index in [1.165, 1.54) is 38.5 Å². The van der Waals surface area contributed by atoms with Crippen LogP contribution >= 0.6 is 18.6 Å². The van der Waals surface area contributed by atoms with Gasteiger partial charge in [-0.3, -0.25) is 0 Å². The number of hydrogen-bond acceptors (Lipinski definition) is 0. The molecule has 24 heavy (non-hydrogen) atoms. The Morgan fingerprint density at radius 1 is 0.750 bits per heavy atom. The van der Waals surface area contributed by atoms with E-state index in [1.54, 1.807) is 0 Å². The first kappa shape index (κ1) is 23.3. The van der Waals surface area contributed by atoms with Gasteiger partial charge in [-0.1, -0.05) is 71.6 Å². The van der Waals surface area contributed by atoms with E-state index in [0.29, 0.717) is 12.1 Å². The molecule has 5 heteroatoms. The molecule has 2 aliphatic rings. The molecule has 0 aromatic heterocycles. The number of rotatable bonds is 6. The van der Waals surface area contributed by atoms with E-state index >= 15 is 0 Å². The Labute approximate surface area is 167 Å². The molecule has 2 aliphatic carbocycles. The molecule has 6 unspecified atom stereocenters. The number of nitrogens with zero attached hydrogens (tertiary/aromatic N) is 2. The van der Waals surface area contributed by atoms with E-state index in [2.05, 4.69) is 27.7 Å². The minimum absolute atomic E-state index is 0.556. The summed E-state index contributed by atoms with van der Waals surface area (Å²) in [6.45, 7) is 11.6. The van der Waals surface area contributed by atoms with E-state index in [0.717, 1.165) is 43.2 Å². The molecule has 0 spiro atoms. The van der Waals surface area contributed by atoms with Crippen LogP contribution in [0.1, 0.15) is 72.6 Å². The van der Waals surface area contributed by atoms with E-state index in [1.807, 2.05) is 0 Å². The second-order valence-electron chi connectivity index (χ2n) is 8.16. The molecule has 0 saturated heterocycles. The number of halogens is 2. The topological polar surface area (TPSA) is 28.2 Å². The quantitative estimate of drug-likeness (QED) is 0.328. The predicted molar refractivity (Wildman–Crippen MR) is 105 cm³/mol. The molecule has 0 amide bonds. The van der Waals surface area contributed by atoms with Crippen molar-refractivity contribution < 1.29 is 17.0 Å². The molecule has 0 aliphatic heterocycles. The molecular formula is C19H36Cl2N2Ti-2. The fourth-order valence-electron chi connectivity index (χ4n) is 4.43. The summed E-state index contributed by atoms with van der Waals surface area (Å²) in [6.07, 6.45) is 9.29. The van der Waals surface area contributed by atoms with Gasteiger partial charge in [0.2, 0.25) is 0 Å². The van der Waals surface area contributed by atoms with Crippen molar-refractivity contribution >= 4 is 18.6 Å². The van der Waals surface area contributed by atoms with Gasteiger partial charge in [0.25, 0.3) is 0 Å². The zero-order valence-electron chi connectivity index (χ0n) is 16.0. The van der Waals surface area contributed by atoms with Crippen molar-refractivity contribution in [2.45, 2.75) is 84.7 Å². The summed E-state index contributed by atoms with van der Waals surface area (Å²) in [5.41, 5.74) is 0. The van der Waals surface area contributed by atoms with Gasteiger partial charge in [0, 0.05) is 0 Å². The van der Waals surface area contributed by atoms with Crippen molar-refractivity contribution in [3.8, 4) is 0 Å². The summed E-state index contributed by atoms with van der Waals surface area (Å²) in [5.74, 6) is 3.42. The van der Waals surface area contributed by atoms with Crippen LogP contribution in [0.3, 0.4) is 0 Å². The van der Waals surface area contributed by atoms with Crippen molar-refractivity contribution in [3.63, 3.8) is 0 Å². The maximum absolute atomic E-state index is 4.95. The van der Waals surface area contributed by atoms with E-state index in [9.17, 15) is 0 Å². The summed E-state index contributed by atoms with van der Waals surface area (Å²) >= 11 is -0.556. The first-order valence-electron chi connectivity index (χ1n) is 9.77. The van der Waals surface area contributed by atoms with Gasteiger partial charge in [0.15, 0.2) is 0 Å². The van der Waals surface area contributed by atoms with Crippen molar-refractivity contribution in [3.05, 3.63) is 10.6 Å². The second kappa shape index (κ2) is 13.4. The van der Waals surface area contributed by atoms with Crippen LogP contribution in [0.25, 0.3) is 10.6 Å². The first-order chi connectivity index (χ1) is 11.5. The summed E-state index contributed by atoms with van der Waals surface area (Å²) in [4.78, 5) is 0. The van der Waals surface area contributed by atoms with E-state index in [4.69, 9.17) is 29.2 Å². The van der Waals surface area contributed by atoms with Crippen molar-refractivity contribution in [1.29, 1.82) is 0 Å². The third kappa shape index (κ3) is 9.24. The summed E-state index contributed by atoms with van der Waals surface area (Å²) < 4.78 is 0. The first-order valence-corrected chi connectivity index (χ1v) is 14.1. The van der Waals surface area contributed by atoms with Crippen LogP contribution in [0.5, 0.6) is 0 Å². The van der Waals surface area contributed by atoms with Crippen LogP contribution in [0.15, 0.2) is 0 Å². The monoisotopic (exact) mass is 410 g/mol. The standard InChI is InChI=1S/C19H36N2.2ClH.Ti/c1-14-6-8-18(16(3)12-14)20-10-5-11-21-19-9-7-15(2)13-17(19)4;;;/h14-19H,5-13H2,1-4H3;2*1H;/q-2;;;+2/p-2. The molecule has 2 rings (SSSR count). The molecule has 0 N–H and O–H groups in total. The maximum atomic E-state index is 4.95. The van der Waals surface area contributed by atoms with Gasteiger partial charge in [-0.2, -0.15) is 13.1 Å². The molecule has 0 bridgehead atoms. The molecule has 6 atom stereocenters. The second-order valence-corrected chi connectivity index (χ2v) is 10.7. The normalized spacial score (nSPS) is 36.6. The van der Waals surface area contributed by atoms with Crippen molar-refractivity contribution in [1.82, 2.24) is 0 Å². The molecule has 2 saturated carbocycles. The zero-order chi connectivity index (χ0) is 17.9. The molecule has 2 fully saturated rings. The SMILES string of the molecule is CC1CCC([N-]CCC[N-]C2CCC(C)CC2C)C(C)C1.[Cl][Ti][Cl]. The Morgan fingerprint density at radius 2 is 1.12 bits per heavy atom. The molecule has 2 nitrogen and oxygen atoms in total. The minimum atomic E-state index is -0.556. The molecule has 142 valence electrons. The van der Waals surface area contributed by atoms with Crippen LogP contribution in [-0.4, -0.2) is 25.2 Å². The van der Waals surface area contributed by atoms with Gasteiger partial charge in [-0.25, -0.2) is 0 Å². The van der Waals surface area contributed by atoms with Gasteiger partial charge in [0.05, 0.1) is 0 Å². The van der Waals surface area contributed by atoms with Crippen LogP contribution in [0.4, 0.5) is 0 Å².